The van der Waals surface area contributed by atoms with Gasteiger partial charge in [0.2, 0.25) is 11.8 Å². The smallest absolute Gasteiger partial charge is 0.312 e. The lowest BCUT2D eigenvalue weighted by Gasteiger charge is -2.19. The number of carboxylic acid groups (broad SMARTS) is 1. The van der Waals surface area contributed by atoms with Crippen LogP contribution in [0.1, 0.15) is 24.8 Å². The van der Waals surface area contributed by atoms with Gasteiger partial charge < -0.3 is 15.3 Å². The number of benzene rings is 1. The van der Waals surface area contributed by atoms with Crippen molar-refractivity contribution in [3.8, 4) is 0 Å². The Hall–Kier alpha value is -2.37. The van der Waals surface area contributed by atoms with E-state index in [9.17, 15) is 14.4 Å². The molecule has 1 heterocycles. The molecule has 0 unspecified atom stereocenters. The van der Waals surface area contributed by atoms with Crippen LogP contribution in [0.3, 0.4) is 0 Å². The highest BCUT2D eigenvalue weighted by molar-refractivity contribution is 6.02. The molecule has 106 valence electrons. The maximum atomic E-state index is 11.7. The van der Waals surface area contributed by atoms with Crippen LogP contribution in [0.5, 0.6) is 0 Å². The minimum Gasteiger partial charge on any atom is -0.481 e. The van der Waals surface area contributed by atoms with E-state index in [2.05, 4.69) is 5.32 Å². The highest BCUT2D eigenvalue weighted by Gasteiger charge is 2.23. The summed E-state index contributed by atoms with van der Waals surface area (Å²) in [5.41, 5.74) is 2.24. The molecule has 0 aromatic heterocycles. The number of nitrogens with zero attached hydrogens (tertiary/aromatic N) is 1. The van der Waals surface area contributed by atoms with E-state index < -0.39 is 18.3 Å². The minimum atomic E-state index is -1.17. The van der Waals surface area contributed by atoms with Gasteiger partial charge in [0.15, 0.2) is 0 Å². The lowest BCUT2D eigenvalue weighted by Crippen LogP contribution is -2.24. The zero-order valence-electron chi connectivity index (χ0n) is 11.2. The number of anilines is 2. The molecular formula is C14H16N2O4. The van der Waals surface area contributed by atoms with Gasteiger partial charge in [0.1, 0.15) is 6.42 Å². The number of carbonyl (C=O) groups excluding carboxylic acids is 2. The first-order valence-corrected chi connectivity index (χ1v) is 6.40. The van der Waals surface area contributed by atoms with Gasteiger partial charge in [-0.15, -0.1) is 0 Å². The van der Waals surface area contributed by atoms with E-state index in [1.807, 2.05) is 6.92 Å². The van der Waals surface area contributed by atoms with Crippen LogP contribution >= 0.6 is 0 Å². The molecule has 20 heavy (non-hydrogen) atoms. The Bertz CT molecular complexity index is 568. The van der Waals surface area contributed by atoms with Crippen LogP contribution in [0.4, 0.5) is 11.4 Å². The average Bonchev–Trinajstić information content (AvgIpc) is 2.74. The molecule has 2 rings (SSSR count). The molecule has 1 aromatic carbocycles. The van der Waals surface area contributed by atoms with Crippen molar-refractivity contribution < 1.29 is 19.5 Å². The molecule has 2 amide bonds. The topological polar surface area (TPSA) is 86.7 Å². The van der Waals surface area contributed by atoms with E-state index in [1.54, 1.807) is 23.1 Å². The van der Waals surface area contributed by atoms with Crippen LogP contribution in [0.25, 0.3) is 0 Å². The summed E-state index contributed by atoms with van der Waals surface area (Å²) in [7, 11) is 0. The van der Waals surface area contributed by atoms with E-state index in [4.69, 9.17) is 5.11 Å². The Kier molecular flexibility index (Phi) is 4.02. The highest BCUT2D eigenvalue weighted by Crippen LogP contribution is 2.27. The molecule has 1 aromatic rings. The molecule has 0 aliphatic carbocycles. The monoisotopic (exact) mass is 276 g/mol. The SMILES string of the molecule is Cc1cc(NC(=O)CC(=O)O)ccc1N1CCCC1=O. The Labute approximate surface area is 116 Å². The molecular weight excluding hydrogens is 260 g/mol. The Morgan fingerprint density at radius 2 is 2.15 bits per heavy atom. The lowest BCUT2D eigenvalue weighted by molar-refractivity contribution is -0.139. The first-order chi connectivity index (χ1) is 9.47. The first-order valence-electron chi connectivity index (χ1n) is 6.40. The molecule has 1 aliphatic rings. The number of hydrogen-bond acceptors (Lipinski definition) is 3. The third-order valence-corrected chi connectivity index (χ3v) is 3.16. The fourth-order valence-electron chi connectivity index (χ4n) is 2.28. The van der Waals surface area contributed by atoms with Crippen molar-refractivity contribution in [2.45, 2.75) is 26.2 Å². The van der Waals surface area contributed by atoms with Crippen LogP contribution in [-0.2, 0) is 14.4 Å². The maximum Gasteiger partial charge on any atom is 0.312 e. The van der Waals surface area contributed by atoms with E-state index in [0.717, 1.165) is 17.7 Å². The van der Waals surface area contributed by atoms with Crippen molar-refractivity contribution in [2.75, 3.05) is 16.8 Å². The summed E-state index contributed by atoms with van der Waals surface area (Å²) in [6, 6.07) is 5.18. The predicted molar refractivity (Wildman–Crippen MR) is 73.6 cm³/mol. The van der Waals surface area contributed by atoms with Gasteiger partial charge in [-0.3, -0.25) is 14.4 Å². The van der Waals surface area contributed by atoms with E-state index in [-0.39, 0.29) is 5.91 Å². The van der Waals surface area contributed by atoms with Gasteiger partial charge in [0, 0.05) is 24.3 Å². The summed E-state index contributed by atoms with van der Waals surface area (Å²) < 4.78 is 0. The number of aliphatic carboxylic acids is 1. The molecule has 6 nitrogen and oxygen atoms in total. The molecule has 1 aliphatic heterocycles. The Morgan fingerprint density at radius 3 is 2.70 bits per heavy atom. The number of carboxylic acids is 1. The molecule has 0 radical (unpaired) electrons. The molecule has 1 fully saturated rings. The molecule has 0 bridgehead atoms. The molecule has 6 heteroatoms. The van der Waals surface area contributed by atoms with E-state index in [0.29, 0.717) is 18.7 Å². The van der Waals surface area contributed by atoms with Crippen LogP contribution in [-0.4, -0.2) is 29.4 Å². The second kappa shape index (κ2) is 5.73. The Balaban J connectivity index is 2.11. The third-order valence-electron chi connectivity index (χ3n) is 3.16. The number of carbonyl (C=O) groups is 3. The molecule has 0 saturated carbocycles. The second-order valence-corrected chi connectivity index (χ2v) is 4.77. The number of nitrogens with one attached hydrogen (secondary N) is 1. The first kappa shape index (κ1) is 14.0. The standard InChI is InChI=1S/C14H16N2O4/c1-9-7-10(15-12(17)8-14(19)20)4-5-11(9)16-6-2-3-13(16)18/h4-5,7H,2-3,6,8H2,1H3,(H,15,17)(H,19,20). The normalized spacial score (nSPS) is 14.4. The van der Waals surface area contributed by atoms with Crippen molar-refractivity contribution in [2.24, 2.45) is 0 Å². The van der Waals surface area contributed by atoms with Gasteiger partial charge in [0.05, 0.1) is 0 Å². The van der Waals surface area contributed by atoms with Crippen molar-refractivity contribution in [1.29, 1.82) is 0 Å². The number of hydrogen-bond donors (Lipinski definition) is 2. The molecule has 0 spiro atoms. The summed E-state index contributed by atoms with van der Waals surface area (Å²) >= 11 is 0. The van der Waals surface area contributed by atoms with E-state index >= 15 is 0 Å². The zero-order valence-corrected chi connectivity index (χ0v) is 11.2. The van der Waals surface area contributed by atoms with Gasteiger partial charge >= 0.3 is 5.97 Å². The van der Waals surface area contributed by atoms with Gasteiger partial charge in [0.25, 0.3) is 0 Å². The van der Waals surface area contributed by atoms with E-state index in [1.165, 1.54) is 0 Å². The number of amides is 2. The fourth-order valence-corrected chi connectivity index (χ4v) is 2.28. The van der Waals surface area contributed by atoms with Gasteiger partial charge in [-0.05, 0) is 37.1 Å². The van der Waals surface area contributed by atoms with Crippen molar-refractivity contribution in [3.05, 3.63) is 23.8 Å². The maximum absolute atomic E-state index is 11.7. The Morgan fingerprint density at radius 1 is 1.40 bits per heavy atom. The van der Waals surface area contributed by atoms with Crippen LogP contribution in [0, 0.1) is 6.92 Å². The fraction of sp³-hybridized carbons (Fsp3) is 0.357. The van der Waals surface area contributed by atoms with Gasteiger partial charge in [-0.1, -0.05) is 0 Å². The summed E-state index contributed by atoms with van der Waals surface area (Å²) in [6.07, 6.45) is 0.858. The number of rotatable bonds is 4. The quantitative estimate of drug-likeness (QED) is 0.816. The largest absolute Gasteiger partial charge is 0.481 e. The average molecular weight is 276 g/mol. The summed E-state index contributed by atoms with van der Waals surface area (Å²) in [6.45, 7) is 2.57. The molecule has 0 atom stereocenters. The van der Waals surface area contributed by atoms with Gasteiger partial charge in [-0.2, -0.15) is 0 Å². The highest BCUT2D eigenvalue weighted by atomic mass is 16.4. The van der Waals surface area contributed by atoms with Crippen molar-refractivity contribution >= 4 is 29.2 Å². The van der Waals surface area contributed by atoms with Crippen molar-refractivity contribution in [3.63, 3.8) is 0 Å². The summed E-state index contributed by atoms with van der Waals surface area (Å²) in [5, 5.41) is 11.0. The minimum absolute atomic E-state index is 0.107. The zero-order chi connectivity index (χ0) is 14.7. The van der Waals surface area contributed by atoms with Crippen LogP contribution < -0.4 is 10.2 Å². The van der Waals surface area contributed by atoms with Crippen molar-refractivity contribution in [1.82, 2.24) is 0 Å². The van der Waals surface area contributed by atoms with Gasteiger partial charge in [-0.25, -0.2) is 0 Å². The number of aryl methyl sites for hydroxylation is 1. The third kappa shape index (κ3) is 3.14. The second-order valence-electron chi connectivity index (χ2n) is 4.77. The van der Waals surface area contributed by atoms with Crippen LogP contribution in [0.15, 0.2) is 18.2 Å². The summed E-state index contributed by atoms with van der Waals surface area (Å²) in [4.78, 5) is 35.2. The van der Waals surface area contributed by atoms with Crippen LogP contribution in [0.2, 0.25) is 0 Å². The predicted octanol–water partition coefficient (Wildman–Crippen LogP) is 1.54. The molecule has 1 saturated heterocycles. The molecule has 2 N–H and O–H groups in total. The summed E-state index contributed by atoms with van der Waals surface area (Å²) in [5.74, 6) is -1.63. The lowest BCUT2D eigenvalue weighted by atomic mass is 10.1.